The maximum Gasteiger partial charge on any atom is 0.146 e. The molecule has 0 unspecified atom stereocenters. The molecule has 196 valence electrons. The Morgan fingerprint density at radius 2 is 0.929 bits per heavy atom. The highest BCUT2D eigenvalue weighted by Crippen LogP contribution is 2.49. The van der Waals surface area contributed by atoms with E-state index in [0.29, 0.717) is 0 Å². The fourth-order valence-electron chi connectivity index (χ4n) is 6.81. The molecule has 0 radical (unpaired) electrons. The van der Waals surface area contributed by atoms with E-state index in [-0.39, 0.29) is 0 Å². The molecule has 0 spiro atoms. The van der Waals surface area contributed by atoms with Crippen molar-refractivity contribution in [2.75, 3.05) is 0 Å². The summed E-state index contributed by atoms with van der Waals surface area (Å²) in [6, 6.07) is 49.5. The van der Waals surface area contributed by atoms with Gasteiger partial charge in [-0.3, -0.25) is 0 Å². The number of para-hydroxylation sites is 1. The van der Waals surface area contributed by atoms with Gasteiger partial charge in [0.1, 0.15) is 16.7 Å². The van der Waals surface area contributed by atoms with E-state index in [1.165, 1.54) is 49.4 Å². The molecule has 0 saturated carbocycles. The second kappa shape index (κ2) is 8.95. The second-order valence-corrected chi connectivity index (χ2v) is 10.8. The predicted octanol–water partition coefficient (Wildman–Crippen LogP) is 11.6. The quantitative estimate of drug-likeness (QED) is 0.210. The standard InChI is InChI=1S/C40H24O2/c1-2-12-25(13-3-1)26-14-4-5-15-27(26)37-28-16-6-8-18-30(28)38(31-19-9-7-17-29(31)37)34-24-36-39(40-32(34)22-23-41-40)33-20-10-11-21-35(33)42-36/h1-24H. The number of benzene rings is 7. The van der Waals surface area contributed by atoms with Gasteiger partial charge in [0.05, 0.1) is 11.6 Å². The number of hydrogen-bond donors (Lipinski definition) is 0. The summed E-state index contributed by atoms with van der Waals surface area (Å²) in [5.74, 6) is 0. The van der Waals surface area contributed by atoms with Crippen LogP contribution in [-0.4, -0.2) is 0 Å². The van der Waals surface area contributed by atoms with E-state index >= 15 is 0 Å². The summed E-state index contributed by atoms with van der Waals surface area (Å²) >= 11 is 0. The third kappa shape index (κ3) is 3.27. The largest absolute Gasteiger partial charge is 0.464 e. The van der Waals surface area contributed by atoms with E-state index in [4.69, 9.17) is 8.83 Å². The zero-order valence-electron chi connectivity index (χ0n) is 22.7. The van der Waals surface area contributed by atoms with E-state index in [2.05, 4.69) is 121 Å². The normalized spacial score (nSPS) is 11.8. The lowest BCUT2D eigenvalue weighted by Crippen LogP contribution is -1.93. The number of furan rings is 2. The van der Waals surface area contributed by atoms with Gasteiger partial charge in [-0.05, 0) is 73.1 Å². The molecule has 0 aliphatic rings. The molecule has 2 nitrogen and oxygen atoms in total. The minimum absolute atomic E-state index is 0.834. The van der Waals surface area contributed by atoms with E-state index < -0.39 is 0 Å². The maximum absolute atomic E-state index is 6.41. The van der Waals surface area contributed by atoms with Crippen molar-refractivity contribution in [2.45, 2.75) is 0 Å². The van der Waals surface area contributed by atoms with E-state index in [0.717, 1.165) is 38.5 Å². The van der Waals surface area contributed by atoms with Crippen LogP contribution in [0.5, 0.6) is 0 Å². The average molecular weight is 537 g/mol. The van der Waals surface area contributed by atoms with Gasteiger partial charge < -0.3 is 8.83 Å². The van der Waals surface area contributed by atoms with Crippen molar-refractivity contribution in [3.05, 3.63) is 146 Å². The molecule has 9 rings (SSSR count). The monoisotopic (exact) mass is 536 g/mol. The summed E-state index contributed by atoms with van der Waals surface area (Å²) in [4.78, 5) is 0. The molecule has 2 heterocycles. The summed E-state index contributed by atoms with van der Waals surface area (Å²) in [7, 11) is 0. The Bertz CT molecular complexity index is 2400. The van der Waals surface area contributed by atoms with Crippen molar-refractivity contribution in [2.24, 2.45) is 0 Å². The highest BCUT2D eigenvalue weighted by Gasteiger charge is 2.22. The van der Waals surface area contributed by atoms with Crippen LogP contribution in [0, 0.1) is 0 Å². The molecular formula is C40H24O2. The van der Waals surface area contributed by atoms with Crippen molar-refractivity contribution < 1.29 is 8.83 Å². The summed E-state index contributed by atoms with van der Waals surface area (Å²) in [5, 5.41) is 8.02. The van der Waals surface area contributed by atoms with Gasteiger partial charge in [0.15, 0.2) is 0 Å². The average Bonchev–Trinajstić information content (AvgIpc) is 3.69. The Morgan fingerprint density at radius 3 is 1.62 bits per heavy atom. The van der Waals surface area contributed by atoms with Gasteiger partial charge in [-0.15, -0.1) is 0 Å². The summed E-state index contributed by atoms with van der Waals surface area (Å²) < 4.78 is 12.6. The van der Waals surface area contributed by atoms with E-state index in [1.54, 1.807) is 6.26 Å². The molecule has 2 heteroatoms. The molecule has 0 aliphatic carbocycles. The number of fused-ring (bicyclic) bond motifs is 7. The van der Waals surface area contributed by atoms with Crippen LogP contribution in [0.3, 0.4) is 0 Å². The number of rotatable bonds is 3. The number of hydrogen-bond acceptors (Lipinski definition) is 2. The molecule has 0 bridgehead atoms. The van der Waals surface area contributed by atoms with Crippen LogP contribution < -0.4 is 0 Å². The van der Waals surface area contributed by atoms with Gasteiger partial charge in [0.2, 0.25) is 0 Å². The first-order valence-electron chi connectivity index (χ1n) is 14.3. The Balaban J connectivity index is 1.44. The molecule has 0 amide bonds. The lowest BCUT2D eigenvalue weighted by molar-refractivity contribution is 0.618. The molecule has 0 saturated heterocycles. The van der Waals surface area contributed by atoms with Crippen molar-refractivity contribution in [3.63, 3.8) is 0 Å². The van der Waals surface area contributed by atoms with Crippen molar-refractivity contribution in [1.29, 1.82) is 0 Å². The lowest BCUT2D eigenvalue weighted by atomic mass is 9.83. The summed E-state index contributed by atoms with van der Waals surface area (Å²) in [5.41, 5.74) is 9.77. The molecule has 0 fully saturated rings. The maximum atomic E-state index is 6.41. The molecule has 0 atom stereocenters. The highest BCUT2D eigenvalue weighted by molar-refractivity contribution is 6.27. The van der Waals surface area contributed by atoms with Gasteiger partial charge in [-0.25, -0.2) is 0 Å². The van der Waals surface area contributed by atoms with Gasteiger partial charge in [-0.1, -0.05) is 121 Å². The van der Waals surface area contributed by atoms with Crippen molar-refractivity contribution in [1.82, 2.24) is 0 Å². The SMILES string of the molecule is c1ccc(-c2ccccc2-c2c3ccccc3c(-c3cc4oc5ccccc5c4c4occc34)c3ccccc23)cc1. The van der Waals surface area contributed by atoms with Gasteiger partial charge >= 0.3 is 0 Å². The molecule has 2 aromatic heterocycles. The van der Waals surface area contributed by atoms with Crippen molar-refractivity contribution >= 4 is 54.5 Å². The van der Waals surface area contributed by atoms with Crippen LogP contribution in [0.15, 0.2) is 155 Å². The van der Waals surface area contributed by atoms with Crippen LogP contribution in [-0.2, 0) is 0 Å². The fourth-order valence-corrected chi connectivity index (χ4v) is 6.81. The first kappa shape index (κ1) is 23.1. The highest BCUT2D eigenvalue weighted by atomic mass is 16.3. The van der Waals surface area contributed by atoms with Gasteiger partial charge in [-0.2, -0.15) is 0 Å². The van der Waals surface area contributed by atoms with E-state index in [1.807, 2.05) is 18.2 Å². The zero-order chi connectivity index (χ0) is 27.6. The molecule has 0 aliphatic heterocycles. The third-order valence-corrected chi connectivity index (χ3v) is 8.56. The van der Waals surface area contributed by atoms with Crippen molar-refractivity contribution in [3.8, 4) is 33.4 Å². The van der Waals surface area contributed by atoms with E-state index in [9.17, 15) is 0 Å². The van der Waals surface area contributed by atoms with Crippen LogP contribution in [0.1, 0.15) is 0 Å². The fraction of sp³-hybridized carbons (Fsp3) is 0. The molecule has 0 N–H and O–H groups in total. The topological polar surface area (TPSA) is 26.3 Å². The molecule has 42 heavy (non-hydrogen) atoms. The summed E-state index contributed by atoms with van der Waals surface area (Å²) in [6.07, 6.45) is 1.80. The van der Waals surface area contributed by atoms with Crippen LogP contribution in [0.25, 0.3) is 87.8 Å². The third-order valence-electron chi connectivity index (χ3n) is 8.56. The minimum Gasteiger partial charge on any atom is -0.464 e. The molecular weight excluding hydrogens is 512 g/mol. The smallest absolute Gasteiger partial charge is 0.146 e. The van der Waals surface area contributed by atoms with Gasteiger partial charge in [0, 0.05) is 10.8 Å². The van der Waals surface area contributed by atoms with Crippen LogP contribution in [0.2, 0.25) is 0 Å². The Morgan fingerprint density at radius 1 is 0.381 bits per heavy atom. The Hall–Kier alpha value is -5.60. The zero-order valence-corrected chi connectivity index (χ0v) is 22.7. The minimum atomic E-state index is 0.834. The van der Waals surface area contributed by atoms with Crippen LogP contribution >= 0.6 is 0 Å². The first-order chi connectivity index (χ1) is 20.9. The molecule has 9 aromatic rings. The first-order valence-corrected chi connectivity index (χ1v) is 14.3. The Labute approximate surface area is 242 Å². The van der Waals surface area contributed by atoms with Gasteiger partial charge in [0.25, 0.3) is 0 Å². The second-order valence-electron chi connectivity index (χ2n) is 10.8. The van der Waals surface area contributed by atoms with Crippen LogP contribution in [0.4, 0.5) is 0 Å². The lowest BCUT2D eigenvalue weighted by Gasteiger charge is -2.20. The summed E-state index contributed by atoms with van der Waals surface area (Å²) in [6.45, 7) is 0. The molecule has 7 aromatic carbocycles. The predicted molar refractivity (Wildman–Crippen MR) is 175 cm³/mol. The Kier molecular flexibility index (Phi) is 4.93.